The van der Waals surface area contributed by atoms with E-state index in [1.807, 2.05) is 13.8 Å². The summed E-state index contributed by atoms with van der Waals surface area (Å²) in [5.74, 6) is -3.57. The molecule has 0 bridgehead atoms. The molecule has 2 rings (SSSR count). The van der Waals surface area contributed by atoms with E-state index in [1.165, 1.54) is 12.5 Å². The van der Waals surface area contributed by atoms with Crippen molar-refractivity contribution in [3.63, 3.8) is 0 Å². The molecule has 13 heteroatoms. The number of hydrogen-bond acceptors (Lipinski definition) is 7. The minimum absolute atomic E-state index is 0.0576. The number of nitrogens with zero attached hydrogens (tertiary/aromatic N) is 1. The number of carbonyl (C=O) groups is 5. The number of hydrogen-bond donors (Lipinski definition) is 7. The number of H-pyrrole nitrogens is 1. The Balaban J connectivity index is 2.11. The molecule has 0 saturated carbocycles. The van der Waals surface area contributed by atoms with Crippen molar-refractivity contribution < 1.29 is 29.1 Å². The summed E-state index contributed by atoms with van der Waals surface area (Å²) in [6, 6.07) is -3.82. The summed E-state index contributed by atoms with van der Waals surface area (Å²) in [5, 5.41) is 20.3. The van der Waals surface area contributed by atoms with Gasteiger partial charge in [-0.15, -0.1) is 0 Å². The van der Waals surface area contributed by atoms with E-state index in [0.717, 1.165) is 13.0 Å². The summed E-state index contributed by atoms with van der Waals surface area (Å²) < 4.78 is 0. The molecule has 1 fully saturated rings. The van der Waals surface area contributed by atoms with Crippen molar-refractivity contribution in [1.82, 2.24) is 31.2 Å². The average Bonchev–Trinajstić information content (AvgIpc) is 3.49. The van der Waals surface area contributed by atoms with Crippen LogP contribution in [-0.2, 0) is 30.4 Å². The lowest BCUT2D eigenvalue weighted by atomic mass is 10.0. The summed E-state index contributed by atoms with van der Waals surface area (Å²) in [6.45, 7) is 4.51. The highest BCUT2D eigenvalue weighted by Gasteiger charge is 2.32. The maximum absolute atomic E-state index is 13.1. The average molecular weight is 494 g/mol. The van der Waals surface area contributed by atoms with Crippen LogP contribution in [-0.4, -0.2) is 75.4 Å². The van der Waals surface area contributed by atoms with E-state index in [0.29, 0.717) is 18.5 Å². The molecule has 13 nitrogen and oxygen atoms in total. The second-order valence-electron chi connectivity index (χ2n) is 9.09. The van der Waals surface area contributed by atoms with Crippen LogP contribution >= 0.6 is 0 Å². The number of rotatable bonds is 14. The molecule has 4 unspecified atom stereocenters. The van der Waals surface area contributed by atoms with Gasteiger partial charge in [0.1, 0.15) is 18.1 Å². The van der Waals surface area contributed by atoms with E-state index in [9.17, 15) is 29.1 Å². The first-order valence-electron chi connectivity index (χ1n) is 11.7. The Kier molecular flexibility index (Phi) is 10.6. The van der Waals surface area contributed by atoms with Crippen LogP contribution in [0.1, 0.15) is 51.6 Å². The molecule has 194 valence electrons. The fraction of sp³-hybridized carbons (Fsp3) is 0.636. The van der Waals surface area contributed by atoms with Crippen LogP contribution in [0.15, 0.2) is 12.5 Å². The first kappa shape index (κ1) is 27.8. The number of carboxylic acid groups (broad SMARTS) is 1. The predicted octanol–water partition coefficient (Wildman–Crippen LogP) is -1.45. The van der Waals surface area contributed by atoms with Crippen LogP contribution < -0.4 is 27.0 Å². The Morgan fingerprint density at radius 1 is 1.11 bits per heavy atom. The van der Waals surface area contributed by atoms with Crippen LogP contribution in [0.5, 0.6) is 0 Å². The summed E-state index contributed by atoms with van der Waals surface area (Å²) in [7, 11) is 0. The summed E-state index contributed by atoms with van der Waals surface area (Å²) in [4.78, 5) is 68.2. The molecule has 0 aromatic carbocycles. The Morgan fingerprint density at radius 2 is 1.80 bits per heavy atom. The molecule has 1 saturated heterocycles. The van der Waals surface area contributed by atoms with Crippen molar-refractivity contribution in [1.29, 1.82) is 0 Å². The van der Waals surface area contributed by atoms with Gasteiger partial charge in [-0.1, -0.05) is 13.8 Å². The van der Waals surface area contributed by atoms with Crippen molar-refractivity contribution in [2.24, 2.45) is 11.7 Å². The van der Waals surface area contributed by atoms with Crippen LogP contribution in [0.3, 0.4) is 0 Å². The normalized spacial score (nSPS) is 17.9. The number of primary amides is 1. The topological polar surface area (TPSA) is 208 Å². The van der Waals surface area contributed by atoms with Gasteiger partial charge >= 0.3 is 5.97 Å². The third-order valence-electron chi connectivity index (χ3n) is 5.62. The maximum Gasteiger partial charge on any atom is 0.326 e. The van der Waals surface area contributed by atoms with Crippen LogP contribution in [0.4, 0.5) is 0 Å². The molecule has 1 aliphatic rings. The van der Waals surface area contributed by atoms with Gasteiger partial charge in [0.25, 0.3) is 0 Å². The third-order valence-corrected chi connectivity index (χ3v) is 5.62. The molecule has 1 aliphatic heterocycles. The van der Waals surface area contributed by atoms with E-state index in [2.05, 4.69) is 31.2 Å². The standard InChI is InChI=1S/C22H35N7O6/c1-12(2)8-16(28-19(31)14-4-3-7-25-14)21(33)27-15(5-6-18(23)30)20(32)29-17(22(34)35)9-13-10-24-11-26-13/h10-12,14-17,25H,3-9H2,1-2H3,(H2,23,30)(H,24,26)(H,27,33)(H,28,31)(H,29,32)(H,34,35). The number of carboxylic acids is 1. The van der Waals surface area contributed by atoms with Gasteiger partial charge in [-0.3, -0.25) is 19.2 Å². The van der Waals surface area contributed by atoms with Gasteiger partial charge < -0.3 is 37.1 Å². The van der Waals surface area contributed by atoms with Gasteiger partial charge in [0, 0.05) is 24.7 Å². The molecule has 1 aromatic heterocycles. The van der Waals surface area contributed by atoms with Gasteiger partial charge in [0.05, 0.1) is 12.4 Å². The monoisotopic (exact) mass is 493 g/mol. The first-order chi connectivity index (χ1) is 16.6. The number of nitrogens with two attached hydrogens (primary N) is 1. The molecule has 0 aliphatic carbocycles. The Morgan fingerprint density at radius 3 is 2.34 bits per heavy atom. The van der Waals surface area contributed by atoms with Crippen molar-refractivity contribution in [3.8, 4) is 0 Å². The van der Waals surface area contributed by atoms with Crippen LogP contribution in [0.2, 0.25) is 0 Å². The Labute approximate surface area is 203 Å². The molecule has 2 heterocycles. The minimum atomic E-state index is -1.30. The first-order valence-corrected chi connectivity index (χ1v) is 11.7. The summed E-state index contributed by atoms with van der Waals surface area (Å²) in [5.41, 5.74) is 5.72. The van der Waals surface area contributed by atoms with Gasteiger partial charge in [-0.2, -0.15) is 0 Å². The van der Waals surface area contributed by atoms with E-state index in [-0.39, 0.29) is 37.1 Å². The lowest BCUT2D eigenvalue weighted by Crippen LogP contribution is -2.57. The van der Waals surface area contributed by atoms with E-state index in [1.54, 1.807) is 0 Å². The molecule has 4 amide bonds. The fourth-order valence-corrected chi connectivity index (χ4v) is 3.80. The highest BCUT2D eigenvalue weighted by Crippen LogP contribution is 2.10. The number of aromatic nitrogens is 2. The Bertz CT molecular complexity index is 883. The number of amides is 4. The summed E-state index contributed by atoms with van der Waals surface area (Å²) >= 11 is 0. The molecule has 1 aromatic rings. The molecule has 0 radical (unpaired) electrons. The van der Waals surface area contributed by atoms with Crippen molar-refractivity contribution in [3.05, 3.63) is 18.2 Å². The highest BCUT2D eigenvalue weighted by atomic mass is 16.4. The zero-order chi connectivity index (χ0) is 26.0. The number of aromatic amines is 1. The SMILES string of the molecule is CC(C)CC(NC(=O)C1CCCN1)C(=O)NC(CCC(N)=O)C(=O)NC(Cc1cnc[nH]1)C(=O)O. The van der Waals surface area contributed by atoms with Crippen molar-refractivity contribution >= 4 is 29.6 Å². The molecule has 8 N–H and O–H groups in total. The zero-order valence-electron chi connectivity index (χ0n) is 20.0. The second-order valence-corrected chi connectivity index (χ2v) is 9.09. The Hall–Kier alpha value is -3.48. The lowest BCUT2D eigenvalue weighted by Gasteiger charge is -2.26. The van der Waals surface area contributed by atoms with E-state index in [4.69, 9.17) is 5.73 Å². The second kappa shape index (κ2) is 13.4. The van der Waals surface area contributed by atoms with Gasteiger partial charge in [0.15, 0.2) is 0 Å². The molecular weight excluding hydrogens is 458 g/mol. The number of nitrogens with one attached hydrogen (secondary N) is 5. The number of aliphatic carboxylic acids is 1. The van der Waals surface area contributed by atoms with Gasteiger partial charge in [0.2, 0.25) is 23.6 Å². The maximum atomic E-state index is 13.1. The van der Waals surface area contributed by atoms with E-state index < -0.39 is 41.8 Å². The molecule has 0 spiro atoms. The molecule has 35 heavy (non-hydrogen) atoms. The van der Waals surface area contributed by atoms with Gasteiger partial charge in [-0.25, -0.2) is 9.78 Å². The lowest BCUT2D eigenvalue weighted by molar-refractivity contribution is -0.142. The predicted molar refractivity (Wildman–Crippen MR) is 125 cm³/mol. The molecular formula is C22H35N7O6. The van der Waals surface area contributed by atoms with Crippen LogP contribution in [0, 0.1) is 5.92 Å². The van der Waals surface area contributed by atoms with E-state index >= 15 is 0 Å². The largest absolute Gasteiger partial charge is 0.480 e. The van der Waals surface area contributed by atoms with Crippen molar-refractivity contribution in [2.75, 3.05) is 6.54 Å². The highest BCUT2D eigenvalue weighted by molar-refractivity contribution is 5.94. The third kappa shape index (κ3) is 9.35. The van der Waals surface area contributed by atoms with Crippen molar-refractivity contribution in [2.45, 2.75) is 76.5 Å². The zero-order valence-corrected chi connectivity index (χ0v) is 20.0. The number of imidazole rings is 1. The minimum Gasteiger partial charge on any atom is -0.480 e. The fourth-order valence-electron chi connectivity index (χ4n) is 3.80. The quantitative estimate of drug-likeness (QED) is 0.163. The number of carbonyl (C=O) groups excluding carboxylic acids is 4. The summed E-state index contributed by atoms with van der Waals surface area (Å²) in [6.07, 6.45) is 4.28. The van der Waals surface area contributed by atoms with Gasteiger partial charge in [-0.05, 0) is 38.1 Å². The smallest absolute Gasteiger partial charge is 0.326 e. The molecule has 4 atom stereocenters. The van der Waals surface area contributed by atoms with Crippen LogP contribution in [0.25, 0.3) is 0 Å².